The summed E-state index contributed by atoms with van der Waals surface area (Å²) in [6.45, 7) is 1.83. The molecule has 1 N–H and O–H groups in total. The molecule has 4 rings (SSSR count). The van der Waals surface area contributed by atoms with Crippen molar-refractivity contribution in [2.45, 2.75) is 6.92 Å². The Morgan fingerprint density at radius 2 is 1.86 bits per heavy atom. The second kappa shape index (κ2) is 7.75. The first-order valence-corrected chi connectivity index (χ1v) is 9.94. The summed E-state index contributed by atoms with van der Waals surface area (Å²) in [5, 5.41) is 10.2. The number of halogens is 2. The number of aryl methyl sites for hydroxylation is 1. The minimum atomic E-state index is -0.369. The van der Waals surface area contributed by atoms with Gasteiger partial charge in [-0.3, -0.25) is 4.79 Å². The van der Waals surface area contributed by atoms with E-state index in [9.17, 15) is 4.79 Å². The number of thiophene rings is 1. The highest BCUT2D eigenvalue weighted by Crippen LogP contribution is 2.35. The summed E-state index contributed by atoms with van der Waals surface area (Å²) < 4.78 is 2.58. The first-order chi connectivity index (χ1) is 13.6. The summed E-state index contributed by atoms with van der Waals surface area (Å²) >= 11 is 14.1. The number of fused-ring (bicyclic) bond motifs is 1. The molecule has 0 spiro atoms. The van der Waals surface area contributed by atoms with Gasteiger partial charge in [0.1, 0.15) is 10.0 Å². The van der Waals surface area contributed by atoms with E-state index in [1.54, 1.807) is 4.68 Å². The van der Waals surface area contributed by atoms with E-state index in [2.05, 4.69) is 15.6 Å². The fourth-order valence-corrected chi connectivity index (χ4v) is 4.49. The molecule has 2 aromatic carbocycles. The number of para-hydroxylation sites is 1. The second-order valence-electron chi connectivity index (χ2n) is 5.98. The lowest BCUT2D eigenvalue weighted by Crippen LogP contribution is -2.16. The van der Waals surface area contributed by atoms with Crippen LogP contribution in [0.1, 0.15) is 20.9 Å². The number of benzene rings is 2. The maximum absolute atomic E-state index is 12.5. The number of carbonyl (C=O) groups excluding carboxylic acids is 1. The van der Waals surface area contributed by atoms with Crippen molar-refractivity contribution in [3.63, 3.8) is 0 Å². The third-order valence-electron chi connectivity index (χ3n) is 4.15. The average molecular weight is 429 g/mol. The van der Waals surface area contributed by atoms with Crippen LogP contribution in [-0.4, -0.2) is 21.9 Å². The summed E-state index contributed by atoms with van der Waals surface area (Å²) in [5.74, 6) is -0.369. The summed E-state index contributed by atoms with van der Waals surface area (Å²) in [4.78, 5) is 12.9. The summed E-state index contributed by atoms with van der Waals surface area (Å²) in [6.07, 6.45) is 1.49. The highest BCUT2D eigenvalue weighted by atomic mass is 35.5. The van der Waals surface area contributed by atoms with Crippen molar-refractivity contribution in [3.8, 4) is 5.69 Å². The second-order valence-corrected chi connectivity index (χ2v) is 7.77. The molecule has 1 amide bonds. The topological polar surface area (TPSA) is 59.3 Å². The van der Waals surface area contributed by atoms with Gasteiger partial charge < -0.3 is 0 Å². The minimum absolute atomic E-state index is 0.369. The maximum Gasteiger partial charge on any atom is 0.283 e. The van der Waals surface area contributed by atoms with Gasteiger partial charge in [-0.2, -0.15) is 10.2 Å². The summed E-state index contributed by atoms with van der Waals surface area (Å²) in [5.41, 5.74) is 4.69. The molecule has 8 heteroatoms. The molecule has 0 atom stereocenters. The van der Waals surface area contributed by atoms with E-state index in [0.717, 1.165) is 15.8 Å². The summed E-state index contributed by atoms with van der Waals surface area (Å²) in [7, 11) is 0. The van der Waals surface area contributed by atoms with Crippen molar-refractivity contribution in [3.05, 3.63) is 80.9 Å². The third kappa shape index (κ3) is 3.42. The van der Waals surface area contributed by atoms with Crippen LogP contribution in [-0.2, 0) is 0 Å². The van der Waals surface area contributed by atoms with E-state index in [-0.39, 0.29) is 5.91 Å². The fraction of sp³-hybridized carbons (Fsp3) is 0.0500. The molecule has 2 aromatic heterocycles. The molecule has 0 saturated heterocycles. The molecular formula is C20H14Cl2N4OS. The van der Waals surface area contributed by atoms with Gasteiger partial charge in [-0.05, 0) is 25.1 Å². The Hall–Kier alpha value is -2.67. The zero-order valence-electron chi connectivity index (χ0n) is 14.7. The number of aromatic nitrogens is 2. The zero-order chi connectivity index (χ0) is 19.7. The van der Waals surface area contributed by atoms with E-state index < -0.39 is 0 Å². The quantitative estimate of drug-likeness (QED) is 0.346. The Labute approximate surface area is 175 Å². The molecule has 0 radical (unpaired) electrons. The maximum atomic E-state index is 12.5. The Bertz CT molecular complexity index is 1200. The number of carbonyl (C=O) groups is 1. The van der Waals surface area contributed by atoms with E-state index in [4.69, 9.17) is 23.2 Å². The van der Waals surface area contributed by atoms with Crippen LogP contribution in [0.2, 0.25) is 10.2 Å². The third-order valence-corrected chi connectivity index (χ3v) is 6.19. The molecule has 0 saturated carbocycles. The lowest BCUT2D eigenvalue weighted by molar-refractivity contribution is 0.0959. The van der Waals surface area contributed by atoms with Gasteiger partial charge in [0, 0.05) is 10.1 Å². The predicted octanol–water partition coefficient (Wildman–Crippen LogP) is 5.47. The highest BCUT2D eigenvalue weighted by molar-refractivity contribution is 7.21. The van der Waals surface area contributed by atoms with Gasteiger partial charge in [0.25, 0.3) is 5.91 Å². The molecule has 28 heavy (non-hydrogen) atoms. The molecule has 5 nitrogen and oxygen atoms in total. The molecular weight excluding hydrogens is 415 g/mol. The van der Waals surface area contributed by atoms with Gasteiger partial charge in [-0.15, -0.1) is 11.3 Å². The molecule has 2 heterocycles. The van der Waals surface area contributed by atoms with Gasteiger partial charge >= 0.3 is 0 Å². The zero-order valence-corrected chi connectivity index (χ0v) is 17.0. The van der Waals surface area contributed by atoms with E-state index in [1.165, 1.54) is 17.6 Å². The fourth-order valence-electron chi connectivity index (χ4n) is 2.76. The largest absolute Gasteiger partial charge is 0.283 e. The molecule has 140 valence electrons. The normalized spacial score (nSPS) is 11.4. The molecule has 0 aliphatic carbocycles. The molecule has 0 bridgehead atoms. The van der Waals surface area contributed by atoms with Crippen LogP contribution in [0.5, 0.6) is 0 Å². The van der Waals surface area contributed by atoms with Gasteiger partial charge in [-0.25, -0.2) is 10.1 Å². The smallest absolute Gasteiger partial charge is 0.266 e. The van der Waals surface area contributed by atoms with Crippen LogP contribution in [0.3, 0.4) is 0 Å². The van der Waals surface area contributed by atoms with Crippen LogP contribution in [0.25, 0.3) is 15.8 Å². The van der Waals surface area contributed by atoms with Crippen LogP contribution in [0.15, 0.2) is 59.7 Å². The molecule has 0 aliphatic heterocycles. The number of nitrogens with zero attached hydrogens (tertiary/aromatic N) is 3. The standard InChI is InChI=1S/C20H14Cl2N4OS/c1-12-15(19(22)26(25-12)13-7-3-2-4-8-13)11-23-24-20(27)18-17(21)14-9-5-6-10-16(14)28-18/h2-11H,1H3,(H,24,27)/b23-11-. The number of hydrogen-bond donors (Lipinski definition) is 1. The Balaban J connectivity index is 1.56. The lowest BCUT2D eigenvalue weighted by Gasteiger charge is -2.01. The molecule has 0 aliphatic rings. The van der Waals surface area contributed by atoms with Gasteiger partial charge in [-0.1, -0.05) is 59.6 Å². The van der Waals surface area contributed by atoms with Gasteiger partial charge in [0.2, 0.25) is 0 Å². The summed E-state index contributed by atoms with van der Waals surface area (Å²) in [6, 6.07) is 17.2. The van der Waals surface area contributed by atoms with Crippen LogP contribution < -0.4 is 5.43 Å². The van der Waals surface area contributed by atoms with Gasteiger partial charge in [0.15, 0.2) is 0 Å². The van der Waals surface area contributed by atoms with Gasteiger partial charge in [0.05, 0.1) is 28.2 Å². The van der Waals surface area contributed by atoms with Crippen molar-refractivity contribution in [1.29, 1.82) is 0 Å². The number of nitrogens with one attached hydrogen (secondary N) is 1. The SMILES string of the molecule is Cc1nn(-c2ccccc2)c(Cl)c1/C=N\NC(=O)c1sc2ccccc2c1Cl. The van der Waals surface area contributed by atoms with E-state index in [0.29, 0.717) is 26.3 Å². The Morgan fingerprint density at radius 3 is 2.61 bits per heavy atom. The average Bonchev–Trinajstić information content (AvgIpc) is 3.20. The van der Waals surface area contributed by atoms with Crippen molar-refractivity contribution in [2.75, 3.05) is 0 Å². The number of hydrazone groups is 1. The number of amides is 1. The van der Waals surface area contributed by atoms with Crippen molar-refractivity contribution in [2.24, 2.45) is 5.10 Å². The van der Waals surface area contributed by atoms with Crippen molar-refractivity contribution in [1.82, 2.24) is 15.2 Å². The number of hydrogen-bond acceptors (Lipinski definition) is 4. The van der Waals surface area contributed by atoms with Crippen LogP contribution in [0, 0.1) is 6.92 Å². The molecule has 0 unspecified atom stereocenters. The Kier molecular flexibility index (Phi) is 5.17. The van der Waals surface area contributed by atoms with E-state index in [1.807, 2.05) is 61.5 Å². The highest BCUT2D eigenvalue weighted by Gasteiger charge is 2.17. The lowest BCUT2D eigenvalue weighted by atomic mass is 10.2. The van der Waals surface area contributed by atoms with Crippen LogP contribution in [0.4, 0.5) is 0 Å². The minimum Gasteiger partial charge on any atom is -0.266 e. The Morgan fingerprint density at radius 1 is 1.14 bits per heavy atom. The molecule has 0 fully saturated rings. The van der Waals surface area contributed by atoms with Crippen molar-refractivity contribution < 1.29 is 4.79 Å². The molecule has 4 aromatic rings. The van der Waals surface area contributed by atoms with Crippen LogP contribution >= 0.6 is 34.5 Å². The monoisotopic (exact) mass is 428 g/mol. The predicted molar refractivity (Wildman–Crippen MR) is 115 cm³/mol. The first-order valence-electron chi connectivity index (χ1n) is 8.37. The number of rotatable bonds is 4. The van der Waals surface area contributed by atoms with Crippen molar-refractivity contribution >= 4 is 56.7 Å². The van der Waals surface area contributed by atoms with E-state index >= 15 is 0 Å². The first kappa shape index (κ1) is 18.7.